The molecule has 0 aliphatic rings. The van der Waals surface area contributed by atoms with Crippen LogP contribution < -0.4 is 4.74 Å². The summed E-state index contributed by atoms with van der Waals surface area (Å²) in [5, 5.41) is 9.11. The first-order chi connectivity index (χ1) is 4.74. The van der Waals surface area contributed by atoms with E-state index < -0.39 is 0 Å². The van der Waals surface area contributed by atoms with Gasteiger partial charge in [-0.25, -0.2) is 0 Å². The first kappa shape index (κ1) is 10.8. The Morgan fingerprint density at radius 3 is 2.45 bits per heavy atom. The van der Waals surface area contributed by atoms with E-state index >= 15 is 0 Å². The average molecular weight is 162 g/mol. The molecule has 0 bridgehead atoms. The van der Waals surface area contributed by atoms with Crippen molar-refractivity contribution < 1.29 is 9.84 Å². The summed E-state index contributed by atoms with van der Waals surface area (Å²) < 4.78 is 4.88. The molecule has 3 heteroatoms. The predicted octanol–water partition coefficient (Wildman–Crippen LogP) is 1.06. The van der Waals surface area contributed by atoms with E-state index in [1.807, 2.05) is 13.0 Å². The summed E-state index contributed by atoms with van der Waals surface area (Å²) in [4.78, 5) is 0. The van der Waals surface area contributed by atoms with Gasteiger partial charge in [-0.05, 0) is 24.6 Å². The van der Waals surface area contributed by atoms with Crippen LogP contribution in [0.1, 0.15) is 5.56 Å². The maximum atomic E-state index is 9.11. The topological polar surface area (TPSA) is 29.5 Å². The van der Waals surface area contributed by atoms with Crippen LogP contribution in [-0.4, -0.2) is 41.8 Å². The first-order valence-electron chi connectivity index (χ1n) is 3.07. The second kappa shape index (κ2) is 4.65. The summed E-state index contributed by atoms with van der Waals surface area (Å²) in [6.07, 6.45) is 0. The Labute approximate surface area is 88.5 Å². The van der Waals surface area contributed by atoms with Crippen molar-refractivity contribution in [1.29, 1.82) is 0 Å². The van der Waals surface area contributed by atoms with E-state index in [-0.39, 0.29) is 35.3 Å². The number of aryl methyl sites for hydroxylation is 1. The Hall–Kier alpha value is -0.180. The molecule has 0 fully saturated rings. The molecule has 0 aliphatic carbocycles. The zero-order valence-corrected chi connectivity index (χ0v) is 6.09. The molecule has 0 aromatic heterocycles. The molecule has 0 heterocycles. The summed E-state index contributed by atoms with van der Waals surface area (Å²) in [7, 11) is 1.54. The van der Waals surface area contributed by atoms with Gasteiger partial charge in [0.15, 0.2) is 11.5 Å². The van der Waals surface area contributed by atoms with E-state index in [1.54, 1.807) is 12.1 Å². The van der Waals surface area contributed by atoms with Gasteiger partial charge in [-0.3, -0.25) is 0 Å². The van der Waals surface area contributed by atoms with E-state index in [1.165, 1.54) is 7.11 Å². The molecule has 2 nitrogen and oxygen atoms in total. The number of aromatic hydroxyl groups is 1. The van der Waals surface area contributed by atoms with E-state index in [0.29, 0.717) is 5.75 Å². The zero-order valence-electron chi connectivity index (χ0n) is 6.09. The Bertz CT molecular complexity index is 236. The number of hydrogen-bond donors (Lipinski definition) is 1. The van der Waals surface area contributed by atoms with Gasteiger partial charge in [0, 0.05) is 0 Å². The minimum atomic E-state index is 0. The Morgan fingerprint density at radius 2 is 2.00 bits per heavy atom. The molecule has 0 aliphatic heterocycles. The molecule has 56 valence electrons. The third-order valence-corrected chi connectivity index (χ3v) is 1.34. The summed E-state index contributed by atoms with van der Waals surface area (Å²) >= 11 is 0. The van der Waals surface area contributed by atoms with Gasteiger partial charge in [0.1, 0.15) is 0 Å². The van der Waals surface area contributed by atoms with Gasteiger partial charge in [0.25, 0.3) is 0 Å². The van der Waals surface area contributed by atoms with Crippen LogP contribution in [0, 0.1) is 6.92 Å². The standard InChI is InChI=1S/C8H10O2.Na.H/c1-6-3-4-7(9)8(5-6)10-2;;/h3-5,9H,1-2H3;;. The van der Waals surface area contributed by atoms with E-state index in [0.717, 1.165) is 5.56 Å². The van der Waals surface area contributed by atoms with Crippen LogP contribution >= 0.6 is 0 Å². The van der Waals surface area contributed by atoms with Gasteiger partial charge in [-0.1, -0.05) is 6.07 Å². The molecular weight excluding hydrogens is 151 g/mol. The van der Waals surface area contributed by atoms with Crippen molar-refractivity contribution in [2.45, 2.75) is 6.92 Å². The molecule has 0 radical (unpaired) electrons. The first-order valence-corrected chi connectivity index (χ1v) is 3.07. The van der Waals surface area contributed by atoms with Crippen LogP contribution in [0.2, 0.25) is 0 Å². The third kappa shape index (κ3) is 2.73. The van der Waals surface area contributed by atoms with Crippen molar-refractivity contribution in [3.05, 3.63) is 23.8 Å². The third-order valence-electron chi connectivity index (χ3n) is 1.34. The summed E-state index contributed by atoms with van der Waals surface area (Å²) in [5.74, 6) is 0.716. The summed E-state index contributed by atoms with van der Waals surface area (Å²) in [5.41, 5.74) is 1.08. The molecule has 1 aromatic rings. The summed E-state index contributed by atoms with van der Waals surface area (Å²) in [6.45, 7) is 1.95. The Balaban J connectivity index is 0.000001000. The van der Waals surface area contributed by atoms with E-state index in [4.69, 9.17) is 9.84 Å². The van der Waals surface area contributed by atoms with E-state index in [2.05, 4.69) is 0 Å². The van der Waals surface area contributed by atoms with Crippen LogP contribution in [0.25, 0.3) is 0 Å². The van der Waals surface area contributed by atoms with Crippen LogP contribution in [0.3, 0.4) is 0 Å². The molecule has 1 rings (SSSR count). The number of rotatable bonds is 1. The number of ether oxygens (including phenoxy) is 1. The predicted molar refractivity (Wildman–Crippen MR) is 46.5 cm³/mol. The number of hydrogen-bond acceptors (Lipinski definition) is 2. The van der Waals surface area contributed by atoms with Crippen molar-refractivity contribution in [1.82, 2.24) is 0 Å². The number of benzene rings is 1. The molecule has 1 N–H and O–H groups in total. The fourth-order valence-electron chi connectivity index (χ4n) is 0.785. The Morgan fingerprint density at radius 1 is 1.36 bits per heavy atom. The van der Waals surface area contributed by atoms with Gasteiger partial charge in [0.2, 0.25) is 0 Å². The normalized spacial score (nSPS) is 8.55. The molecule has 0 amide bonds. The monoisotopic (exact) mass is 162 g/mol. The molecule has 0 unspecified atom stereocenters. The molecule has 0 atom stereocenters. The van der Waals surface area contributed by atoms with Crippen molar-refractivity contribution in [2.24, 2.45) is 0 Å². The molecule has 0 saturated heterocycles. The van der Waals surface area contributed by atoms with Gasteiger partial charge >= 0.3 is 29.6 Å². The quantitative estimate of drug-likeness (QED) is 0.626. The number of phenols is 1. The van der Waals surface area contributed by atoms with Crippen molar-refractivity contribution >= 4 is 29.6 Å². The van der Waals surface area contributed by atoms with Crippen LogP contribution in [0.4, 0.5) is 0 Å². The fourth-order valence-corrected chi connectivity index (χ4v) is 0.785. The van der Waals surface area contributed by atoms with Crippen molar-refractivity contribution in [2.75, 3.05) is 7.11 Å². The molecule has 1 aromatic carbocycles. The fraction of sp³-hybridized carbons (Fsp3) is 0.250. The van der Waals surface area contributed by atoms with Crippen LogP contribution in [0.5, 0.6) is 11.5 Å². The van der Waals surface area contributed by atoms with Gasteiger partial charge in [0.05, 0.1) is 7.11 Å². The van der Waals surface area contributed by atoms with Crippen molar-refractivity contribution in [3.63, 3.8) is 0 Å². The summed E-state index contributed by atoms with van der Waals surface area (Å²) in [6, 6.07) is 5.24. The van der Waals surface area contributed by atoms with Gasteiger partial charge < -0.3 is 9.84 Å². The SMILES string of the molecule is COc1cc(C)ccc1O.[NaH]. The van der Waals surface area contributed by atoms with Gasteiger partial charge in [-0.15, -0.1) is 0 Å². The zero-order chi connectivity index (χ0) is 7.56. The second-order valence-corrected chi connectivity index (χ2v) is 2.18. The van der Waals surface area contributed by atoms with Crippen molar-refractivity contribution in [3.8, 4) is 11.5 Å². The average Bonchev–Trinajstić information content (AvgIpc) is 1.94. The molecular formula is C8H11NaO2. The van der Waals surface area contributed by atoms with E-state index in [9.17, 15) is 0 Å². The maximum absolute atomic E-state index is 9.11. The van der Waals surface area contributed by atoms with Gasteiger partial charge in [-0.2, -0.15) is 0 Å². The van der Waals surface area contributed by atoms with Crippen LogP contribution in [-0.2, 0) is 0 Å². The molecule has 11 heavy (non-hydrogen) atoms. The number of methoxy groups -OCH3 is 1. The molecule has 0 spiro atoms. The minimum absolute atomic E-state index is 0. The molecule has 0 saturated carbocycles. The number of phenolic OH excluding ortho intramolecular Hbond substituents is 1. The second-order valence-electron chi connectivity index (χ2n) is 2.18. The van der Waals surface area contributed by atoms with Crippen LogP contribution in [0.15, 0.2) is 18.2 Å². The Kier molecular flexibility index (Phi) is 4.57.